The van der Waals surface area contributed by atoms with Crippen LogP contribution in [0.1, 0.15) is 13.3 Å². The van der Waals surface area contributed by atoms with Crippen LogP contribution >= 0.6 is 39.9 Å². The Bertz CT molecular complexity index is 558. The van der Waals surface area contributed by atoms with Gasteiger partial charge >= 0.3 is 0 Å². The summed E-state index contributed by atoms with van der Waals surface area (Å²) in [5.41, 5.74) is 1.28. The lowest BCUT2D eigenvalue weighted by Gasteiger charge is -2.21. The third-order valence-corrected chi connectivity index (χ3v) is 5.02. The SMILES string of the molecule is CCNC(=NCCN(C)CCOC)NC1CCN(c2ccc(Br)cc2)C1.I. The first-order chi connectivity index (χ1) is 12.6. The highest BCUT2D eigenvalue weighted by atomic mass is 127. The van der Waals surface area contributed by atoms with Crippen LogP contribution in [-0.2, 0) is 4.74 Å². The maximum absolute atomic E-state index is 5.11. The third kappa shape index (κ3) is 8.97. The number of benzene rings is 1. The molecule has 0 amide bonds. The number of halogens is 2. The summed E-state index contributed by atoms with van der Waals surface area (Å²) in [7, 11) is 3.83. The van der Waals surface area contributed by atoms with Crippen molar-refractivity contribution in [3.63, 3.8) is 0 Å². The molecule has 1 heterocycles. The minimum atomic E-state index is 0. The van der Waals surface area contributed by atoms with Crippen LogP contribution in [0.4, 0.5) is 5.69 Å². The van der Waals surface area contributed by atoms with Crippen molar-refractivity contribution in [3.8, 4) is 0 Å². The number of anilines is 1. The lowest BCUT2D eigenvalue weighted by molar-refractivity contribution is 0.163. The zero-order chi connectivity index (χ0) is 18.8. The van der Waals surface area contributed by atoms with E-state index in [4.69, 9.17) is 9.73 Å². The summed E-state index contributed by atoms with van der Waals surface area (Å²) in [6.07, 6.45) is 1.12. The second-order valence-corrected chi connectivity index (χ2v) is 7.52. The van der Waals surface area contributed by atoms with Gasteiger partial charge < -0.3 is 25.2 Å². The summed E-state index contributed by atoms with van der Waals surface area (Å²) < 4.78 is 6.23. The number of hydrogen-bond acceptors (Lipinski definition) is 4. The Balaban J connectivity index is 0.00000364. The van der Waals surface area contributed by atoms with E-state index in [1.54, 1.807) is 7.11 Å². The number of rotatable bonds is 9. The number of aliphatic imine (C=N–C) groups is 1. The molecule has 1 aliphatic rings. The van der Waals surface area contributed by atoms with Crippen molar-refractivity contribution in [2.75, 3.05) is 64.9 Å². The lowest BCUT2D eigenvalue weighted by Crippen LogP contribution is -2.45. The molecule has 2 rings (SSSR count). The van der Waals surface area contributed by atoms with Gasteiger partial charge in [-0.2, -0.15) is 0 Å². The Hall–Kier alpha value is -0.580. The molecule has 0 aromatic heterocycles. The van der Waals surface area contributed by atoms with Gasteiger partial charge in [-0.3, -0.25) is 4.99 Å². The standard InChI is InChI=1S/C19H32BrN5O.HI/c1-4-21-19(22-10-12-24(2)13-14-26-3)23-17-9-11-25(15-17)18-7-5-16(20)6-8-18;/h5-8,17H,4,9-15H2,1-3H3,(H2,21,22,23);1H. The van der Waals surface area contributed by atoms with Crippen molar-refractivity contribution in [1.82, 2.24) is 15.5 Å². The van der Waals surface area contributed by atoms with Crippen LogP contribution in [0, 0.1) is 0 Å². The van der Waals surface area contributed by atoms with E-state index in [1.807, 2.05) is 0 Å². The third-order valence-electron chi connectivity index (χ3n) is 4.49. The summed E-state index contributed by atoms with van der Waals surface area (Å²) in [4.78, 5) is 9.38. The number of nitrogens with zero attached hydrogens (tertiary/aromatic N) is 3. The van der Waals surface area contributed by atoms with Gasteiger partial charge in [-0.05, 0) is 44.7 Å². The number of hydrogen-bond donors (Lipinski definition) is 2. The number of likely N-dealkylation sites (N-methyl/N-ethyl adjacent to an activating group) is 1. The smallest absolute Gasteiger partial charge is 0.191 e. The molecule has 0 radical (unpaired) electrons. The van der Waals surface area contributed by atoms with Crippen molar-refractivity contribution < 1.29 is 4.74 Å². The minimum absolute atomic E-state index is 0. The lowest BCUT2D eigenvalue weighted by atomic mass is 10.3. The van der Waals surface area contributed by atoms with Crippen molar-refractivity contribution in [1.29, 1.82) is 0 Å². The number of methoxy groups -OCH3 is 1. The molecule has 1 aromatic carbocycles. The highest BCUT2D eigenvalue weighted by Crippen LogP contribution is 2.22. The normalized spacial score (nSPS) is 17.1. The average molecular weight is 554 g/mol. The first-order valence-corrected chi connectivity index (χ1v) is 10.1. The van der Waals surface area contributed by atoms with Gasteiger partial charge in [-0.25, -0.2) is 0 Å². The minimum Gasteiger partial charge on any atom is -0.383 e. The summed E-state index contributed by atoms with van der Waals surface area (Å²) in [5, 5.41) is 6.95. The van der Waals surface area contributed by atoms with Gasteiger partial charge in [0.1, 0.15) is 0 Å². The van der Waals surface area contributed by atoms with E-state index in [1.165, 1.54) is 5.69 Å². The molecule has 1 aliphatic heterocycles. The molecule has 1 aromatic rings. The first-order valence-electron chi connectivity index (χ1n) is 9.35. The predicted octanol–water partition coefficient (Wildman–Crippen LogP) is 2.78. The number of nitrogens with one attached hydrogen (secondary N) is 2. The van der Waals surface area contributed by atoms with Gasteiger partial charge in [0.25, 0.3) is 0 Å². The summed E-state index contributed by atoms with van der Waals surface area (Å²) in [6, 6.07) is 8.95. The van der Waals surface area contributed by atoms with Crippen LogP contribution in [-0.4, -0.2) is 76.9 Å². The molecule has 6 nitrogen and oxygen atoms in total. The predicted molar refractivity (Wildman–Crippen MR) is 129 cm³/mol. The molecular weight excluding hydrogens is 521 g/mol. The van der Waals surface area contributed by atoms with Crippen LogP contribution in [0.2, 0.25) is 0 Å². The van der Waals surface area contributed by atoms with E-state index < -0.39 is 0 Å². The Kier molecular flexibility index (Phi) is 12.3. The Morgan fingerprint density at radius 2 is 2.07 bits per heavy atom. The Morgan fingerprint density at radius 1 is 1.33 bits per heavy atom. The average Bonchev–Trinajstić information content (AvgIpc) is 3.09. The van der Waals surface area contributed by atoms with Crippen LogP contribution in [0.3, 0.4) is 0 Å². The zero-order valence-electron chi connectivity index (χ0n) is 16.6. The molecule has 0 aliphatic carbocycles. The summed E-state index contributed by atoms with van der Waals surface area (Å²) >= 11 is 3.50. The second-order valence-electron chi connectivity index (χ2n) is 6.61. The van der Waals surface area contributed by atoms with Gasteiger partial charge in [0.2, 0.25) is 0 Å². The highest BCUT2D eigenvalue weighted by Gasteiger charge is 2.23. The monoisotopic (exact) mass is 553 g/mol. The van der Waals surface area contributed by atoms with Crippen molar-refractivity contribution >= 4 is 51.6 Å². The maximum Gasteiger partial charge on any atom is 0.191 e. The number of guanidine groups is 1. The van der Waals surface area contributed by atoms with Gasteiger partial charge in [-0.1, -0.05) is 15.9 Å². The van der Waals surface area contributed by atoms with Crippen LogP contribution in [0.25, 0.3) is 0 Å². The fourth-order valence-electron chi connectivity index (χ4n) is 2.97. The van der Waals surface area contributed by atoms with Crippen LogP contribution < -0.4 is 15.5 Å². The topological polar surface area (TPSA) is 52.1 Å². The summed E-state index contributed by atoms with van der Waals surface area (Å²) in [6.45, 7) is 8.43. The van der Waals surface area contributed by atoms with Crippen molar-refractivity contribution in [2.45, 2.75) is 19.4 Å². The van der Waals surface area contributed by atoms with E-state index in [0.717, 1.165) is 62.7 Å². The fraction of sp³-hybridized carbons (Fsp3) is 0.632. The Labute approximate surface area is 189 Å². The van der Waals surface area contributed by atoms with Crippen molar-refractivity contribution in [3.05, 3.63) is 28.7 Å². The first kappa shape index (κ1) is 24.5. The molecule has 27 heavy (non-hydrogen) atoms. The van der Waals surface area contributed by atoms with E-state index >= 15 is 0 Å². The molecule has 0 saturated carbocycles. The maximum atomic E-state index is 5.11. The van der Waals surface area contributed by atoms with E-state index in [9.17, 15) is 0 Å². The number of ether oxygens (including phenoxy) is 1. The van der Waals surface area contributed by atoms with Gasteiger partial charge in [-0.15, -0.1) is 24.0 Å². The highest BCUT2D eigenvalue weighted by molar-refractivity contribution is 14.0. The molecule has 0 spiro atoms. The largest absolute Gasteiger partial charge is 0.383 e. The van der Waals surface area contributed by atoms with Gasteiger partial charge in [0.05, 0.1) is 13.2 Å². The van der Waals surface area contributed by atoms with Crippen LogP contribution in [0.15, 0.2) is 33.7 Å². The summed E-state index contributed by atoms with van der Waals surface area (Å²) in [5.74, 6) is 0.912. The van der Waals surface area contributed by atoms with E-state index in [2.05, 4.69) is 74.6 Å². The molecule has 1 fully saturated rings. The molecule has 1 saturated heterocycles. The van der Waals surface area contributed by atoms with Crippen LogP contribution in [0.5, 0.6) is 0 Å². The van der Waals surface area contributed by atoms with Gasteiger partial charge in [0, 0.05) is 56.0 Å². The molecule has 8 heteroatoms. The van der Waals surface area contributed by atoms with E-state index in [-0.39, 0.29) is 24.0 Å². The molecule has 154 valence electrons. The molecule has 1 unspecified atom stereocenters. The molecule has 0 bridgehead atoms. The van der Waals surface area contributed by atoms with E-state index in [0.29, 0.717) is 6.04 Å². The quantitative estimate of drug-likeness (QED) is 0.280. The Morgan fingerprint density at radius 3 is 2.74 bits per heavy atom. The fourth-order valence-corrected chi connectivity index (χ4v) is 3.23. The van der Waals surface area contributed by atoms with Crippen molar-refractivity contribution in [2.24, 2.45) is 4.99 Å². The molecular formula is C19H33BrIN5O. The zero-order valence-corrected chi connectivity index (χ0v) is 20.5. The van der Waals surface area contributed by atoms with Gasteiger partial charge in [0.15, 0.2) is 5.96 Å². The second kappa shape index (κ2) is 13.6. The molecule has 2 N–H and O–H groups in total. The molecule has 1 atom stereocenters.